The summed E-state index contributed by atoms with van der Waals surface area (Å²) in [7, 11) is -3.23. The molecule has 0 radical (unpaired) electrons. The van der Waals surface area contributed by atoms with Gasteiger partial charge in [0.1, 0.15) is 5.69 Å². The molecule has 0 aliphatic heterocycles. The predicted octanol–water partition coefficient (Wildman–Crippen LogP) is 4.74. The molecule has 8 heteroatoms. The van der Waals surface area contributed by atoms with Gasteiger partial charge in [0, 0.05) is 22.5 Å². The number of benzene rings is 1. The second kappa shape index (κ2) is 7.89. The van der Waals surface area contributed by atoms with Crippen LogP contribution < -0.4 is 4.72 Å². The molecule has 1 fully saturated rings. The fraction of sp³-hybridized carbons (Fsp3) is 0.500. The van der Waals surface area contributed by atoms with Crippen molar-refractivity contribution in [2.24, 2.45) is 0 Å². The molecule has 0 spiro atoms. The van der Waals surface area contributed by atoms with Gasteiger partial charge >= 0.3 is 0 Å². The van der Waals surface area contributed by atoms with Crippen LogP contribution in [0.4, 0.5) is 0 Å². The summed E-state index contributed by atoms with van der Waals surface area (Å²) < 4.78 is 26.9. The number of nitrogens with one attached hydrogen (secondary N) is 2. The molecule has 1 aromatic heterocycles. The standard InChI is InChI=1S/C18H23Cl2N3O2S/c1-11(2)26(24,25)23-15-8-6-12(7-9-15)17-16(20)18(22-21-17)13-4-3-5-14(19)10-13/h3-5,10-12,15,23H,6-9H2,1-2H3,(H,21,22). The first-order valence-electron chi connectivity index (χ1n) is 8.78. The molecule has 5 nitrogen and oxygen atoms in total. The van der Waals surface area contributed by atoms with Crippen molar-refractivity contribution in [3.05, 3.63) is 40.0 Å². The Bertz CT molecular complexity index is 872. The molecule has 2 N–H and O–H groups in total. The summed E-state index contributed by atoms with van der Waals surface area (Å²) in [6, 6.07) is 7.44. The van der Waals surface area contributed by atoms with Crippen LogP contribution in [0.5, 0.6) is 0 Å². The van der Waals surface area contributed by atoms with Crippen molar-refractivity contribution in [3.63, 3.8) is 0 Å². The van der Waals surface area contributed by atoms with Gasteiger partial charge < -0.3 is 0 Å². The van der Waals surface area contributed by atoms with Gasteiger partial charge in [-0.05, 0) is 51.7 Å². The quantitative estimate of drug-likeness (QED) is 0.740. The number of aromatic nitrogens is 2. The lowest BCUT2D eigenvalue weighted by Gasteiger charge is -2.29. The average molecular weight is 416 g/mol. The molecule has 1 aliphatic carbocycles. The predicted molar refractivity (Wildman–Crippen MR) is 106 cm³/mol. The average Bonchev–Trinajstić information content (AvgIpc) is 2.97. The van der Waals surface area contributed by atoms with Gasteiger partial charge in [-0.25, -0.2) is 13.1 Å². The topological polar surface area (TPSA) is 74.8 Å². The molecule has 142 valence electrons. The Morgan fingerprint density at radius 1 is 1.19 bits per heavy atom. The van der Waals surface area contributed by atoms with Crippen molar-refractivity contribution < 1.29 is 8.42 Å². The van der Waals surface area contributed by atoms with E-state index in [4.69, 9.17) is 23.2 Å². The van der Waals surface area contributed by atoms with Crippen molar-refractivity contribution >= 4 is 33.2 Å². The van der Waals surface area contributed by atoms with Crippen LogP contribution >= 0.6 is 23.2 Å². The summed E-state index contributed by atoms with van der Waals surface area (Å²) in [5.41, 5.74) is 2.50. The molecular weight excluding hydrogens is 393 g/mol. The molecule has 1 heterocycles. The number of nitrogens with zero attached hydrogens (tertiary/aromatic N) is 1. The van der Waals surface area contributed by atoms with Gasteiger partial charge in [-0.1, -0.05) is 35.3 Å². The summed E-state index contributed by atoms with van der Waals surface area (Å²) in [5, 5.41) is 8.31. The summed E-state index contributed by atoms with van der Waals surface area (Å²) in [6.45, 7) is 3.38. The third-order valence-electron chi connectivity index (χ3n) is 4.92. The van der Waals surface area contributed by atoms with Crippen LogP contribution in [0.15, 0.2) is 24.3 Å². The minimum absolute atomic E-state index is 0.00672. The lowest BCUT2D eigenvalue weighted by Crippen LogP contribution is -2.40. The maximum Gasteiger partial charge on any atom is 0.214 e. The number of hydrogen-bond donors (Lipinski definition) is 2. The van der Waals surface area contributed by atoms with Crippen molar-refractivity contribution in [1.29, 1.82) is 0 Å². The Morgan fingerprint density at radius 3 is 2.50 bits per heavy atom. The first kappa shape index (κ1) is 19.7. The minimum atomic E-state index is -3.23. The van der Waals surface area contributed by atoms with E-state index in [2.05, 4.69) is 14.9 Å². The van der Waals surface area contributed by atoms with Gasteiger partial charge in [0.05, 0.1) is 16.0 Å². The second-order valence-electron chi connectivity index (χ2n) is 7.07. The number of aromatic amines is 1. The number of halogens is 2. The van der Waals surface area contributed by atoms with Gasteiger partial charge in [0.2, 0.25) is 10.0 Å². The highest BCUT2D eigenvalue weighted by Gasteiger charge is 2.29. The maximum absolute atomic E-state index is 12.0. The van der Waals surface area contributed by atoms with E-state index in [9.17, 15) is 8.42 Å². The van der Waals surface area contributed by atoms with Gasteiger partial charge in [0.25, 0.3) is 0 Å². The van der Waals surface area contributed by atoms with E-state index in [0.29, 0.717) is 15.7 Å². The summed E-state index contributed by atoms with van der Waals surface area (Å²) in [6.07, 6.45) is 3.31. The van der Waals surface area contributed by atoms with E-state index in [1.54, 1.807) is 13.8 Å². The fourth-order valence-corrected chi connectivity index (χ4v) is 4.82. The van der Waals surface area contributed by atoms with Crippen LogP contribution in [0.1, 0.15) is 51.1 Å². The lowest BCUT2D eigenvalue weighted by molar-refractivity contribution is 0.369. The van der Waals surface area contributed by atoms with E-state index in [1.165, 1.54) is 0 Å². The molecule has 2 aromatic rings. The minimum Gasteiger partial charge on any atom is -0.280 e. The second-order valence-corrected chi connectivity index (χ2v) is 10.2. The number of H-pyrrole nitrogens is 1. The molecule has 26 heavy (non-hydrogen) atoms. The third-order valence-corrected chi connectivity index (χ3v) is 7.44. The van der Waals surface area contributed by atoms with E-state index in [1.807, 2.05) is 24.3 Å². The Kier molecular flexibility index (Phi) is 5.97. The van der Waals surface area contributed by atoms with E-state index in [0.717, 1.165) is 36.9 Å². The highest BCUT2D eigenvalue weighted by Crippen LogP contribution is 2.39. The molecule has 0 bridgehead atoms. The fourth-order valence-electron chi connectivity index (χ4n) is 3.31. The van der Waals surface area contributed by atoms with Crippen molar-refractivity contribution in [2.45, 2.75) is 56.7 Å². The molecule has 3 rings (SSSR count). The molecule has 1 saturated carbocycles. The number of hydrogen-bond acceptors (Lipinski definition) is 3. The van der Waals surface area contributed by atoms with Crippen LogP contribution in [-0.4, -0.2) is 29.9 Å². The first-order chi connectivity index (χ1) is 12.3. The molecular formula is C18H23Cl2N3O2S. The number of rotatable bonds is 5. The number of sulfonamides is 1. The van der Waals surface area contributed by atoms with Gasteiger partial charge in [-0.2, -0.15) is 5.10 Å². The zero-order chi connectivity index (χ0) is 18.9. The summed E-state index contributed by atoms with van der Waals surface area (Å²) >= 11 is 12.6. The molecule has 0 amide bonds. The zero-order valence-electron chi connectivity index (χ0n) is 14.8. The normalized spacial score (nSPS) is 21.3. The Balaban J connectivity index is 1.69. The molecule has 0 unspecified atom stereocenters. The maximum atomic E-state index is 12.0. The smallest absolute Gasteiger partial charge is 0.214 e. The molecule has 1 aliphatic rings. The molecule has 0 saturated heterocycles. The summed E-state index contributed by atoms with van der Waals surface area (Å²) in [5.74, 6) is 0.253. The Labute approximate surface area is 164 Å². The van der Waals surface area contributed by atoms with Crippen LogP contribution in [0, 0.1) is 0 Å². The van der Waals surface area contributed by atoms with Crippen molar-refractivity contribution in [3.8, 4) is 11.3 Å². The van der Waals surface area contributed by atoms with Gasteiger partial charge in [0.15, 0.2) is 0 Å². The summed E-state index contributed by atoms with van der Waals surface area (Å²) in [4.78, 5) is 0. The van der Waals surface area contributed by atoms with Crippen LogP contribution in [0.25, 0.3) is 11.3 Å². The highest BCUT2D eigenvalue weighted by atomic mass is 35.5. The largest absolute Gasteiger partial charge is 0.280 e. The monoisotopic (exact) mass is 415 g/mol. The van der Waals surface area contributed by atoms with Crippen molar-refractivity contribution in [2.75, 3.05) is 0 Å². The van der Waals surface area contributed by atoms with Gasteiger partial charge in [-0.3, -0.25) is 5.10 Å². The zero-order valence-corrected chi connectivity index (χ0v) is 17.1. The Hall–Kier alpha value is -1.08. The lowest BCUT2D eigenvalue weighted by atomic mass is 9.84. The van der Waals surface area contributed by atoms with Gasteiger partial charge in [-0.15, -0.1) is 0 Å². The van der Waals surface area contributed by atoms with E-state index < -0.39 is 15.3 Å². The molecule has 0 atom stereocenters. The SMILES string of the molecule is CC(C)S(=O)(=O)NC1CCC(c2[nH]nc(-c3cccc(Cl)c3)c2Cl)CC1. The highest BCUT2D eigenvalue weighted by molar-refractivity contribution is 7.90. The Morgan fingerprint density at radius 2 is 1.88 bits per heavy atom. The van der Waals surface area contributed by atoms with Crippen molar-refractivity contribution in [1.82, 2.24) is 14.9 Å². The van der Waals surface area contributed by atoms with E-state index in [-0.39, 0.29) is 12.0 Å². The van der Waals surface area contributed by atoms with E-state index >= 15 is 0 Å². The molecule has 1 aromatic carbocycles. The van der Waals surface area contributed by atoms with Crippen LogP contribution in [-0.2, 0) is 10.0 Å². The van der Waals surface area contributed by atoms with Crippen LogP contribution in [0.2, 0.25) is 10.0 Å². The third kappa shape index (κ3) is 4.25. The first-order valence-corrected chi connectivity index (χ1v) is 11.1. The van der Waals surface area contributed by atoms with Crippen LogP contribution in [0.3, 0.4) is 0 Å².